The van der Waals surface area contributed by atoms with Crippen molar-refractivity contribution in [3.05, 3.63) is 83.9 Å². The molecular weight excluding hydrogens is 569 g/mol. The summed E-state index contributed by atoms with van der Waals surface area (Å²) in [5.41, 5.74) is 1.73. The number of rotatable bonds is 18. The van der Waals surface area contributed by atoms with Gasteiger partial charge >= 0.3 is 18.1 Å². The summed E-state index contributed by atoms with van der Waals surface area (Å²) in [4.78, 5) is 25.9. The zero-order valence-electron chi connectivity index (χ0n) is 25.7. The molecule has 0 radical (unpaired) electrons. The van der Waals surface area contributed by atoms with E-state index in [9.17, 15) is 22.8 Å². The van der Waals surface area contributed by atoms with Crippen molar-refractivity contribution in [3.8, 4) is 22.6 Å². The molecule has 3 aromatic carbocycles. The Morgan fingerprint density at radius 3 is 1.98 bits per heavy atom. The second kappa shape index (κ2) is 18.1. The minimum atomic E-state index is -4.65. The monoisotopic (exact) mass is 612 g/mol. The summed E-state index contributed by atoms with van der Waals surface area (Å²) in [5, 5.41) is 0. The van der Waals surface area contributed by atoms with Gasteiger partial charge in [0.15, 0.2) is 6.10 Å². The van der Waals surface area contributed by atoms with Crippen LogP contribution in [-0.4, -0.2) is 30.8 Å². The van der Waals surface area contributed by atoms with Crippen molar-refractivity contribution in [3.63, 3.8) is 0 Å². The Bertz CT molecular complexity index is 1290. The van der Waals surface area contributed by atoms with E-state index in [4.69, 9.17) is 14.2 Å². The molecule has 0 aliphatic carbocycles. The van der Waals surface area contributed by atoms with Gasteiger partial charge in [0, 0.05) is 0 Å². The first-order valence-corrected chi connectivity index (χ1v) is 15.6. The molecule has 0 bridgehead atoms. The minimum Gasteiger partial charge on any atom is -0.494 e. The second-order valence-electron chi connectivity index (χ2n) is 10.9. The fraction of sp³-hybridized carbons (Fsp3) is 0.444. The Labute approximate surface area is 258 Å². The average Bonchev–Trinajstić information content (AvgIpc) is 3.02. The third kappa shape index (κ3) is 11.4. The second-order valence-corrected chi connectivity index (χ2v) is 10.9. The van der Waals surface area contributed by atoms with E-state index in [1.54, 1.807) is 6.07 Å². The number of ether oxygens (including phenoxy) is 3. The molecular formula is C36H43F3O5. The van der Waals surface area contributed by atoms with E-state index >= 15 is 0 Å². The van der Waals surface area contributed by atoms with Crippen LogP contribution in [0.1, 0.15) is 105 Å². The molecule has 0 aromatic heterocycles. The molecule has 0 saturated carbocycles. The third-order valence-corrected chi connectivity index (χ3v) is 7.30. The predicted molar refractivity (Wildman–Crippen MR) is 166 cm³/mol. The highest BCUT2D eigenvalue weighted by molar-refractivity contribution is 5.99. The number of carbonyl (C=O) groups is 2. The molecule has 0 fully saturated rings. The maximum atomic E-state index is 13.5. The predicted octanol–water partition coefficient (Wildman–Crippen LogP) is 10.4. The van der Waals surface area contributed by atoms with Crippen LogP contribution in [-0.2, 0) is 4.74 Å². The molecule has 0 amide bonds. The normalized spacial score (nSPS) is 12.0. The maximum absolute atomic E-state index is 13.5. The molecule has 238 valence electrons. The van der Waals surface area contributed by atoms with Gasteiger partial charge in [-0.25, -0.2) is 9.59 Å². The zero-order chi connectivity index (χ0) is 31.8. The van der Waals surface area contributed by atoms with Crippen molar-refractivity contribution < 1.29 is 37.0 Å². The zero-order valence-corrected chi connectivity index (χ0v) is 25.7. The molecule has 1 unspecified atom stereocenters. The average molecular weight is 613 g/mol. The standard InChI is InChI=1S/C36H43F3O5/c1-3-5-7-9-10-15-25-42-30-23-24-31(27-16-12-11-13-17-27)32(26-30)35(41)43-29-21-19-28(20-22-29)34(40)44-33(36(37,38)39)18-14-8-6-4-2/h11-13,16-17,19-24,26,33H,3-10,14-15,18,25H2,1-2H3. The van der Waals surface area contributed by atoms with Crippen LogP contribution in [0.4, 0.5) is 13.2 Å². The fourth-order valence-electron chi connectivity index (χ4n) is 4.79. The molecule has 0 aliphatic rings. The number of hydrogen-bond donors (Lipinski definition) is 0. The number of unbranched alkanes of at least 4 members (excludes halogenated alkanes) is 8. The van der Waals surface area contributed by atoms with Gasteiger partial charge in [-0.05, 0) is 72.9 Å². The molecule has 1 atom stereocenters. The van der Waals surface area contributed by atoms with Crippen molar-refractivity contribution in [1.29, 1.82) is 0 Å². The third-order valence-electron chi connectivity index (χ3n) is 7.30. The quantitative estimate of drug-likeness (QED) is 0.0813. The molecule has 0 N–H and O–H groups in total. The van der Waals surface area contributed by atoms with E-state index in [0.29, 0.717) is 36.3 Å². The van der Waals surface area contributed by atoms with Crippen LogP contribution in [0, 0.1) is 0 Å². The molecule has 3 rings (SSSR count). The maximum Gasteiger partial charge on any atom is 0.425 e. The van der Waals surface area contributed by atoms with Crippen molar-refractivity contribution in [1.82, 2.24) is 0 Å². The number of esters is 2. The molecule has 0 aliphatic heterocycles. The molecule has 0 heterocycles. The van der Waals surface area contributed by atoms with Gasteiger partial charge in [0.2, 0.25) is 0 Å². The Morgan fingerprint density at radius 1 is 0.705 bits per heavy atom. The Hall–Kier alpha value is -3.81. The van der Waals surface area contributed by atoms with E-state index in [-0.39, 0.29) is 17.7 Å². The minimum absolute atomic E-state index is 0.0670. The first-order valence-electron chi connectivity index (χ1n) is 15.6. The summed E-state index contributed by atoms with van der Waals surface area (Å²) >= 11 is 0. The first kappa shape index (κ1) is 34.7. The lowest BCUT2D eigenvalue weighted by Gasteiger charge is -2.20. The van der Waals surface area contributed by atoms with E-state index in [1.807, 2.05) is 49.4 Å². The van der Waals surface area contributed by atoms with E-state index < -0.39 is 24.2 Å². The first-order chi connectivity index (χ1) is 21.2. The summed E-state index contributed by atoms with van der Waals surface area (Å²) in [6, 6.07) is 20.0. The molecule has 5 nitrogen and oxygen atoms in total. The highest BCUT2D eigenvalue weighted by atomic mass is 19.4. The van der Waals surface area contributed by atoms with Crippen molar-refractivity contribution in [2.45, 2.75) is 96.8 Å². The number of halogens is 3. The summed E-state index contributed by atoms with van der Waals surface area (Å²) in [7, 11) is 0. The van der Waals surface area contributed by atoms with Gasteiger partial charge in [0.05, 0.1) is 17.7 Å². The van der Waals surface area contributed by atoms with Gasteiger partial charge in [-0.1, -0.05) is 95.5 Å². The Balaban J connectivity index is 1.68. The lowest BCUT2D eigenvalue weighted by Crippen LogP contribution is -2.33. The molecule has 3 aromatic rings. The molecule has 44 heavy (non-hydrogen) atoms. The number of benzene rings is 3. The van der Waals surface area contributed by atoms with Crippen LogP contribution >= 0.6 is 0 Å². The Morgan fingerprint density at radius 2 is 1.32 bits per heavy atom. The lowest BCUT2D eigenvalue weighted by atomic mass is 9.99. The van der Waals surface area contributed by atoms with E-state index in [1.165, 1.54) is 49.9 Å². The topological polar surface area (TPSA) is 61.8 Å². The van der Waals surface area contributed by atoms with E-state index in [2.05, 4.69) is 6.92 Å². The molecule has 0 spiro atoms. The number of hydrogen-bond acceptors (Lipinski definition) is 5. The van der Waals surface area contributed by atoms with Crippen molar-refractivity contribution in [2.24, 2.45) is 0 Å². The van der Waals surface area contributed by atoms with Crippen LogP contribution in [0.2, 0.25) is 0 Å². The largest absolute Gasteiger partial charge is 0.494 e. The Kier molecular flexibility index (Phi) is 14.3. The lowest BCUT2D eigenvalue weighted by molar-refractivity contribution is -0.206. The smallest absolute Gasteiger partial charge is 0.425 e. The van der Waals surface area contributed by atoms with E-state index in [0.717, 1.165) is 31.2 Å². The summed E-state index contributed by atoms with van der Waals surface area (Å²) in [5.74, 6) is -1.02. The van der Waals surface area contributed by atoms with Gasteiger partial charge in [-0.2, -0.15) is 13.2 Å². The van der Waals surface area contributed by atoms with Crippen molar-refractivity contribution in [2.75, 3.05) is 6.61 Å². The van der Waals surface area contributed by atoms with Crippen LogP contribution in [0.15, 0.2) is 72.8 Å². The highest BCUT2D eigenvalue weighted by Gasteiger charge is 2.42. The van der Waals surface area contributed by atoms with Crippen LogP contribution in [0.5, 0.6) is 11.5 Å². The number of alkyl halides is 3. The fourth-order valence-corrected chi connectivity index (χ4v) is 4.79. The SMILES string of the molecule is CCCCCCCCOc1ccc(-c2ccccc2)c(C(=O)Oc2ccc(C(=O)OC(CCCCCC)C(F)(F)F)cc2)c1. The highest BCUT2D eigenvalue weighted by Crippen LogP contribution is 2.30. The van der Waals surface area contributed by atoms with Crippen LogP contribution in [0.25, 0.3) is 11.1 Å². The van der Waals surface area contributed by atoms with Gasteiger partial charge in [-0.3, -0.25) is 0 Å². The van der Waals surface area contributed by atoms with Crippen molar-refractivity contribution >= 4 is 11.9 Å². The van der Waals surface area contributed by atoms with Crippen LogP contribution < -0.4 is 9.47 Å². The molecule has 0 saturated heterocycles. The summed E-state index contributed by atoms with van der Waals surface area (Å²) in [6.45, 7) is 4.69. The van der Waals surface area contributed by atoms with Gasteiger partial charge in [-0.15, -0.1) is 0 Å². The van der Waals surface area contributed by atoms with Gasteiger partial charge in [0.25, 0.3) is 0 Å². The van der Waals surface area contributed by atoms with Crippen LogP contribution in [0.3, 0.4) is 0 Å². The van der Waals surface area contributed by atoms with Gasteiger partial charge < -0.3 is 14.2 Å². The van der Waals surface area contributed by atoms with Gasteiger partial charge in [0.1, 0.15) is 11.5 Å². The summed E-state index contributed by atoms with van der Waals surface area (Å²) in [6.07, 6.45) is 2.37. The molecule has 8 heteroatoms. The number of carbonyl (C=O) groups excluding carboxylic acids is 2. The summed E-state index contributed by atoms with van der Waals surface area (Å²) < 4.78 is 56.8.